The number of aromatic nitrogens is 2. The quantitative estimate of drug-likeness (QED) is 0.668. The van der Waals surface area contributed by atoms with Gasteiger partial charge in [0.25, 0.3) is 0 Å². The van der Waals surface area contributed by atoms with Crippen molar-refractivity contribution in [3.63, 3.8) is 0 Å². The van der Waals surface area contributed by atoms with Crippen molar-refractivity contribution < 1.29 is 26.3 Å². The van der Waals surface area contributed by atoms with Gasteiger partial charge in [-0.2, -0.15) is 44.1 Å². The summed E-state index contributed by atoms with van der Waals surface area (Å²) in [6, 6.07) is 0. The van der Waals surface area contributed by atoms with Gasteiger partial charge in [-0.15, -0.1) is 0 Å². The van der Waals surface area contributed by atoms with Gasteiger partial charge in [0, 0.05) is 12.6 Å². The average Bonchev–Trinajstić information content (AvgIpc) is 2.50. The van der Waals surface area contributed by atoms with Crippen LogP contribution in [0.3, 0.4) is 0 Å². The topological polar surface area (TPSA) is 17.8 Å². The Hall–Kier alpha value is -0.860. The van der Waals surface area contributed by atoms with E-state index in [1.165, 1.54) is 0 Å². The zero-order valence-electron chi connectivity index (χ0n) is 9.23. The molecule has 0 atom stereocenters. The Labute approximate surface area is 104 Å². The van der Waals surface area contributed by atoms with Crippen molar-refractivity contribution in [3.8, 4) is 0 Å². The SMILES string of the molecule is Cn1nc(C(F)(F)F)c(CCCS)c1C(F)(F)F. The minimum Gasteiger partial charge on any atom is -0.263 e. The first-order valence-electron chi connectivity index (χ1n) is 4.90. The Morgan fingerprint density at radius 1 is 1.11 bits per heavy atom. The van der Waals surface area contributed by atoms with Gasteiger partial charge in [-0.25, -0.2) is 0 Å². The first-order valence-corrected chi connectivity index (χ1v) is 5.53. The minimum absolute atomic E-state index is 0.112. The third-order valence-electron chi connectivity index (χ3n) is 2.27. The van der Waals surface area contributed by atoms with E-state index in [0.29, 0.717) is 0 Å². The Kier molecular flexibility index (Phi) is 4.24. The molecule has 0 aliphatic heterocycles. The van der Waals surface area contributed by atoms with E-state index in [1.54, 1.807) is 0 Å². The van der Waals surface area contributed by atoms with Crippen LogP contribution < -0.4 is 0 Å². The van der Waals surface area contributed by atoms with E-state index < -0.39 is 29.3 Å². The van der Waals surface area contributed by atoms with E-state index in [0.717, 1.165) is 7.05 Å². The Balaban J connectivity index is 3.38. The summed E-state index contributed by atoms with van der Waals surface area (Å²) in [6.07, 6.45) is -10.0. The lowest BCUT2D eigenvalue weighted by molar-refractivity contribution is -0.145. The second kappa shape index (κ2) is 5.02. The van der Waals surface area contributed by atoms with Crippen molar-refractivity contribution >= 4 is 12.6 Å². The highest BCUT2D eigenvalue weighted by Crippen LogP contribution is 2.39. The summed E-state index contributed by atoms with van der Waals surface area (Å²) in [5, 5.41) is 2.95. The van der Waals surface area contributed by atoms with E-state index in [1.807, 2.05) is 0 Å². The van der Waals surface area contributed by atoms with Gasteiger partial charge in [-0.3, -0.25) is 4.68 Å². The van der Waals surface area contributed by atoms with Crippen LogP contribution in [0.2, 0.25) is 0 Å². The van der Waals surface area contributed by atoms with E-state index in [2.05, 4.69) is 17.7 Å². The van der Waals surface area contributed by atoms with Crippen LogP contribution in [0.1, 0.15) is 23.4 Å². The number of halogens is 6. The molecule has 0 aromatic carbocycles. The molecule has 1 heterocycles. The molecule has 0 saturated heterocycles. The molecule has 0 aliphatic carbocycles. The fourth-order valence-corrected chi connectivity index (χ4v) is 1.80. The number of thiol groups is 1. The first kappa shape index (κ1) is 15.2. The van der Waals surface area contributed by atoms with Crippen LogP contribution in [0.5, 0.6) is 0 Å². The van der Waals surface area contributed by atoms with Gasteiger partial charge < -0.3 is 0 Å². The Morgan fingerprint density at radius 2 is 1.67 bits per heavy atom. The van der Waals surface area contributed by atoms with Gasteiger partial charge in [0.2, 0.25) is 0 Å². The first-order chi connectivity index (χ1) is 8.09. The summed E-state index contributed by atoms with van der Waals surface area (Å²) in [6.45, 7) is 0. The predicted octanol–water partition coefficient (Wildman–Crippen LogP) is 3.32. The summed E-state index contributed by atoms with van der Waals surface area (Å²) >= 11 is 3.78. The summed E-state index contributed by atoms with van der Waals surface area (Å²) in [5.74, 6) is 0.198. The highest BCUT2D eigenvalue weighted by atomic mass is 32.1. The molecule has 0 N–H and O–H groups in total. The van der Waals surface area contributed by atoms with Gasteiger partial charge in [-0.05, 0) is 18.6 Å². The lowest BCUT2D eigenvalue weighted by Gasteiger charge is -2.10. The average molecular weight is 292 g/mol. The number of hydrogen-bond acceptors (Lipinski definition) is 2. The molecular formula is C9H10F6N2S. The number of alkyl halides is 6. The monoisotopic (exact) mass is 292 g/mol. The third-order valence-corrected chi connectivity index (χ3v) is 2.58. The Morgan fingerprint density at radius 3 is 2.06 bits per heavy atom. The number of aryl methyl sites for hydroxylation is 1. The maximum Gasteiger partial charge on any atom is 0.435 e. The normalized spacial score (nSPS) is 13.1. The highest BCUT2D eigenvalue weighted by molar-refractivity contribution is 7.80. The smallest absolute Gasteiger partial charge is 0.263 e. The van der Waals surface area contributed by atoms with Crippen molar-refractivity contribution in [1.29, 1.82) is 0 Å². The summed E-state index contributed by atoms with van der Waals surface area (Å²) in [4.78, 5) is 0. The van der Waals surface area contributed by atoms with Crippen molar-refractivity contribution in [1.82, 2.24) is 9.78 Å². The van der Waals surface area contributed by atoms with Gasteiger partial charge in [0.15, 0.2) is 5.69 Å². The van der Waals surface area contributed by atoms with Crippen molar-refractivity contribution in [2.24, 2.45) is 7.05 Å². The molecule has 2 nitrogen and oxygen atoms in total. The van der Waals surface area contributed by atoms with Crippen LogP contribution in [-0.2, 0) is 25.8 Å². The molecule has 0 aliphatic rings. The summed E-state index contributed by atoms with van der Waals surface area (Å²) in [7, 11) is 0.849. The zero-order valence-corrected chi connectivity index (χ0v) is 10.1. The van der Waals surface area contributed by atoms with Crippen molar-refractivity contribution in [2.75, 3.05) is 5.75 Å². The standard InChI is InChI=1S/C9H10F6N2S/c1-17-7(9(13,14)15)5(3-2-4-18)6(16-17)8(10,11)12/h18H,2-4H2,1H3. The number of rotatable bonds is 3. The molecule has 0 amide bonds. The van der Waals surface area contributed by atoms with Crippen LogP contribution in [0.25, 0.3) is 0 Å². The molecule has 0 spiro atoms. The number of hydrogen-bond donors (Lipinski definition) is 1. The van der Waals surface area contributed by atoms with E-state index in [4.69, 9.17) is 0 Å². The maximum absolute atomic E-state index is 12.7. The fourth-order valence-electron chi connectivity index (χ4n) is 1.64. The van der Waals surface area contributed by atoms with E-state index in [9.17, 15) is 26.3 Å². The van der Waals surface area contributed by atoms with E-state index >= 15 is 0 Å². The summed E-state index contributed by atoms with van der Waals surface area (Å²) < 4.78 is 76.1. The molecule has 0 bridgehead atoms. The van der Waals surface area contributed by atoms with Crippen LogP contribution in [0, 0.1) is 0 Å². The number of nitrogens with zero attached hydrogens (tertiary/aromatic N) is 2. The second-order valence-corrected chi connectivity index (χ2v) is 4.07. The molecule has 1 aromatic heterocycles. The minimum atomic E-state index is -4.90. The Bertz CT molecular complexity index is 420. The van der Waals surface area contributed by atoms with Gasteiger partial charge in [-0.1, -0.05) is 0 Å². The zero-order chi connectivity index (χ0) is 14.1. The van der Waals surface area contributed by atoms with Crippen LogP contribution in [0.15, 0.2) is 0 Å². The van der Waals surface area contributed by atoms with Crippen molar-refractivity contribution in [2.45, 2.75) is 25.2 Å². The van der Waals surface area contributed by atoms with Gasteiger partial charge in [0.1, 0.15) is 5.69 Å². The predicted molar refractivity (Wildman–Crippen MR) is 55.4 cm³/mol. The maximum atomic E-state index is 12.7. The second-order valence-electron chi connectivity index (χ2n) is 3.62. The molecule has 104 valence electrons. The van der Waals surface area contributed by atoms with E-state index in [-0.39, 0.29) is 23.3 Å². The third kappa shape index (κ3) is 3.12. The largest absolute Gasteiger partial charge is 0.435 e. The molecule has 18 heavy (non-hydrogen) atoms. The lowest BCUT2D eigenvalue weighted by Crippen LogP contribution is -2.15. The van der Waals surface area contributed by atoms with Crippen LogP contribution in [0.4, 0.5) is 26.3 Å². The fraction of sp³-hybridized carbons (Fsp3) is 0.667. The molecule has 0 saturated carbocycles. The van der Waals surface area contributed by atoms with Crippen molar-refractivity contribution in [3.05, 3.63) is 17.0 Å². The highest BCUT2D eigenvalue weighted by Gasteiger charge is 2.45. The molecule has 0 fully saturated rings. The molecule has 1 rings (SSSR count). The lowest BCUT2D eigenvalue weighted by atomic mass is 10.1. The van der Waals surface area contributed by atoms with Crippen LogP contribution in [-0.4, -0.2) is 15.5 Å². The van der Waals surface area contributed by atoms with Gasteiger partial charge >= 0.3 is 12.4 Å². The molecule has 0 unspecified atom stereocenters. The van der Waals surface area contributed by atoms with Crippen LogP contribution >= 0.6 is 12.6 Å². The summed E-state index contributed by atoms with van der Waals surface area (Å²) in [5.41, 5.74) is -3.64. The molecule has 9 heteroatoms. The molecule has 1 aromatic rings. The molecular weight excluding hydrogens is 282 g/mol. The van der Waals surface area contributed by atoms with Gasteiger partial charge in [0.05, 0.1) is 0 Å². The molecule has 0 radical (unpaired) electrons.